The highest BCUT2D eigenvalue weighted by Crippen LogP contribution is 2.25. The highest BCUT2D eigenvalue weighted by Gasteiger charge is 2.24. The molecule has 1 fully saturated rings. The summed E-state index contributed by atoms with van der Waals surface area (Å²) in [5, 5.41) is 7.32. The van der Waals surface area contributed by atoms with Gasteiger partial charge in [-0.05, 0) is 20.0 Å². The second-order valence-corrected chi connectivity index (χ2v) is 5.25. The number of rotatable bonds is 4. The predicted octanol–water partition coefficient (Wildman–Crippen LogP) is 0.416. The zero-order chi connectivity index (χ0) is 11.4. The molecular weight excluding hydrogens is 222 g/mol. The molecule has 0 amide bonds. The maximum absolute atomic E-state index is 5.47. The lowest BCUT2D eigenvalue weighted by atomic mass is 10.2. The van der Waals surface area contributed by atoms with E-state index in [1.54, 1.807) is 0 Å². The number of aromatic amines is 1. The van der Waals surface area contributed by atoms with E-state index < -0.39 is 0 Å². The molecule has 0 spiro atoms. The third kappa shape index (κ3) is 2.75. The van der Waals surface area contributed by atoms with Crippen LogP contribution >= 0.6 is 11.8 Å². The molecule has 2 rings (SSSR count). The van der Waals surface area contributed by atoms with Crippen LogP contribution in [0.15, 0.2) is 0 Å². The Morgan fingerprint density at radius 1 is 1.62 bits per heavy atom. The van der Waals surface area contributed by atoms with Crippen molar-refractivity contribution in [3.63, 3.8) is 0 Å². The van der Waals surface area contributed by atoms with Crippen molar-refractivity contribution in [2.75, 3.05) is 31.6 Å². The van der Waals surface area contributed by atoms with Crippen LogP contribution in [0.5, 0.6) is 0 Å². The SMILES string of the molecule is CN1CCSCC1c1n[nH]c(CCCN)n1. The Labute approximate surface area is 100 Å². The maximum atomic E-state index is 5.47. The summed E-state index contributed by atoms with van der Waals surface area (Å²) in [7, 11) is 2.14. The first-order valence-corrected chi connectivity index (χ1v) is 6.86. The predicted molar refractivity (Wildman–Crippen MR) is 66.5 cm³/mol. The highest BCUT2D eigenvalue weighted by molar-refractivity contribution is 7.99. The average molecular weight is 241 g/mol. The first kappa shape index (κ1) is 11.9. The number of aromatic nitrogens is 3. The van der Waals surface area contributed by atoms with E-state index in [0.29, 0.717) is 12.6 Å². The molecule has 2 heterocycles. The molecule has 1 unspecified atom stereocenters. The lowest BCUT2D eigenvalue weighted by Crippen LogP contribution is -2.33. The molecule has 0 saturated carbocycles. The molecule has 1 aliphatic rings. The molecule has 1 aliphatic heterocycles. The van der Waals surface area contributed by atoms with Crippen LogP contribution in [0.4, 0.5) is 0 Å². The van der Waals surface area contributed by atoms with Gasteiger partial charge in [-0.15, -0.1) is 0 Å². The van der Waals surface area contributed by atoms with Gasteiger partial charge in [-0.1, -0.05) is 0 Å². The highest BCUT2D eigenvalue weighted by atomic mass is 32.2. The maximum Gasteiger partial charge on any atom is 0.168 e. The molecule has 0 bridgehead atoms. The van der Waals surface area contributed by atoms with E-state index in [0.717, 1.165) is 36.8 Å². The summed E-state index contributed by atoms with van der Waals surface area (Å²) in [5.41, 5.74) is 5.47. The van der Waals surface area contributed by atoms with Crippen LogP contribution in [-0.2, 0) is 6.42 Å². The Kier molecular flexibility index (Phi) is 4.20. The summed E-state index contributed by atoms with van der Waals surface area (Å²) >= 11 is 1.97. The molecule has 90 valence electrons. The third-order valence-electron chi connectivity index (χ3n) is 2.86. The molecule has 1 saturated heterocycles. The van der Waals surface area contributed by atoms with E-state index in [-0.39, 0.29) is 0 Å². The molecule has 1 aromatic rings. The number of nitrogens with one attached hydrogen (secondary N) is 1. The van der Waals surface area contributed by atoms with E-state index in [1.807, 2.05) is 11.8 Å². The van der Waals surface area contributed by atoms with Crippen molar-refractivity contribution < 1.29 is 0 Å². The van der Waals surface area contributed by atoms with Gasteiger partial charge in [0.1, 0.15) is 5.82 Å². The lowest BCUT2D eigenvalue weighted by molar-refractivity contribution is 0.265. The fourth-order valence-electron chi connectivity index (χ4n) is 1.80. The number of nitrogens with zero attached hydrogens (tertiary/aromatic N) is 3. The number of H-pyrrole nitrogens is 1. The molecule has 3 N–H and O–H groups in total. The van der Waals surface area contributed by atoms with Crippen LogP contribution in [0.3, 0.4) is 0 Å². The Bertz CT molecular complexity index is 327. The second kappa shape index (κ2) is 5.65. The van der Waals surface area contributed by atoms with Gasteiger partial charge in [-0.2, -0.15) is 16.9 Å². The zero-order valence-electron chi connectivity index (χ0n) is 9.65. The molecule has 0 aromatic carbocycles. The van der Waals surface area contributed by atoms with Gasteiger partial charge in [-0.3, -0.25) is 10.00 Å². The molecule has 0 aliphatic carbocycles. The first-order chi connectivity index (χ1) is 7.81. The number of nitrogens with two attached hydrogens (primary N) is 1. The molecule has 1 atom stereocenters. The number of aryl methyl sites for hydroxylation is 1. The summed E-state index contributed by atoms with van der Waals surface area (Å²) in [5.74, 6) is 4.19. The van der Waals surface area contributed by atoms with Crippen molar-refractivity contribution in [2.45, 2.75) is 18.9 Å². The minimum Gasteiger partial charge on any atom is -0.330 e. The first-order valence-electron chi connectivity index (χ1n) is 5.70. The Balaban J connectivity index is 1.99. The second-order valence-electron chi connectivity index (χ2n) is 4.10. The van der Waals surface area contributed by atoms with Crippen molar-refractivity contribution in [1.29, 1.82) is 0 Å². The molecule has 0 radical (unpaired) electrons. The van der Waals surface area contributed by atoms with E-state index >= 15 is 0 Å². The largest absolute Gasteiger partial charge is 0.330 e. The van der Waals surface area contributed by atoms with Gasteiger partial charge in [0.15, 0.2) is 5.82 Å². The van der Waals surface area contributed by atoms with Crippen LogP contribution in [0.1, 0.15) is 24.1 Å². The number of thioether (sulfide) groups is 1. The summed E-state index contributed by atoms with van der Waals surface area (Å²) in [6.45, 7) is 1.82. The van der Waals surface area contributed by atoms with E-state index in [2.05, 4.69) is 27.1 Å². The summed E-state index contributed by atoms with van der Waals surface area (Å²) in [6.07, 6.45) is 1.86. The molecule has 5 nitrogen and oxygen atoms in total. The van der Waals surface area contributed by atoms with E-state index in [4.69, 9.17) is 5.73 Å². The number of hydrogen-bond donors (Lipinski definition) is 2. The summed E-state index contributed by atoms with van der Waals surface area (Å²) < 4.78 is 0. The minimum absolute atomic E-state index is 0.363. The van der Waals surface area contributed by atoms with Gasteiger partial charge >= 0.3 is 0 Å². The van der Waals surface area contributed by atoms with Crippen LogP contribution in [0, 0.1) is 0 Å². The van der Waals surface area contributed by atoms with Crippen LogP contribution in [-0.4, -0.2) is 51.7 Å². The lowest BCUT2D eigenvalue weighted by Gasteiger charge is -2.29. The summed E-state index contributed by atoms with van der Waals surface area (Å²) in [6, 6.07) is 0.363. The molecule has 6 heteroatoms. The fraction of sp³-hybridized carbons (Fsp3) is 0.800. The monoisotopic (exact) mass is 241 g/mol. The van der Waals surface area contributed by atoms with Crippen molar-refractivity contribution in [1.82, 2.24) is 20.1 Å². The average Bonchev–Trinajstić information content (AvgIpc) is 2.75. The van der Waals surface area contributed by atoms with Crippen molar-refractivity contribution in [3.8, 4) is 0 Å². The van der Waals surface area contributed by atoms with Gasteiger partial charge in [0.05, 0.1) is 6.04 Å². The van der Waals surface area contributed by atoms with Gasteiger partial charge in [-0.25, -0.2) is 4.98 Å². The summed E-state index contributed by atoms with van der Waals surface area (Å²) in [4.78, 5) is 6.87. The van der Waals surface area contributed by atoms with Gasteiger partial charge in [0.25, 0.3) is 0 Å². The third-order valence-corrected chi connectivity index (χ3v) is 3.88. The van der Waals surface area contributed by atoms with Crippen LogP contribution in [0.2, 0.25) is 0 Å². The van der Waals surface area contributed by atoms with Crippen molar-refractivity contribution >= 4 is 11.8 Å². The smallest absolute Gasteiger partial charge is 0.168 e. The minimum atomic E-state index is 0.363. The van der Waals surface area contributed by atoms with Crippen LogP contribution < -0.4 is 5.73 Å². The quantitative estimate of drug-likeness (QED) is 0.799. The van der Waals surface area contributed by atoms with Gasteiger partial charge in [0.2, 0.25) is 0 Å². The molecule has 16 heavy (non-hydrogen) atoms. The molecule has 1 aromatic heterocycles. The number of hydrogen-bond acceptors (Lipinski definition) is 5. The van der Waals surface area contributed by atoms with Crippen LogP contribution in [0.25, 0.3) is 0 Å². The zero-order valence-corrected chi connectivity index (χ0v) is 10.5. The topological polar surface area (TPSA) is 70.8 Å². The van der Waals surface area contributed by atoms with Gasteiger partial charge < -0.3 is 5.73 Å². The Morgan fingerprint density at radius 3 is 3.25 bits per heavy atom. The fourth-order valence-corrected chi connectivity index (χ4v) is 3.01. The standard InChI is InChI=1S/C10H19N5S/c1-15-5-6-16-7-8(15)10-12-9(13-14-10)3-2-4-11/h8H,2-7,11H2,1H3,(H,12,13,14). The normalized spacial score (nSPS) is 22.5. The Hall–Kier alpha value is -0.590. The van der Waals surface area contributed by atoms with E-state index in [1.165, 1.54) is 5.75 Å². The van der Waals surface area contributed by atoms with Gasteiger partial charge in [0, 0.05) is 24.5 Å². The molecular formula is C10H19N5S. The Morgan fingerprint density at radius 2 is 2.50 bits per heavy atom. The van der Waals surface area contributed by atoms with Crippen molar-refractivity contribution in [2.24, 2.45) is 5.73 Å². The van der Waals surface area contributed by atoms with E-state index in [9.17, 15) is 0 Å². The van der Waals surface area contributed by atoms with Crippen molar-refractivity contribution in [3.05, 3.63) is 11.6 Å².